The topological polar surface area (TPSA) is 29.1 Å². The number of hydrogen-bond donors (Lipinski definition) is 1. The highest BCUT2D eigenvalue weighted by Crippen LogP contribution is 2.49. The van der Waals surface area contributed by atoms with Crippen molar-refractivity contribution in [2.45, 2.75) is 38.6 Å². The molecular formula is C16H19BrFNO. The number of nitrogens with one attached hydrogen (secondary N) is 1. The number of fused-ring (bicyclic) bond motifs is 2. The Morgan fingerprint density at radius 2 is 2.20 bits per heavy atom. The molecule has 1 aromatic rings. The molecule has 1 N–H and O–H groups in total. The molecule has 0 aromatic heterocycles. The first-order chi connectivity index (χ1) is 9.54. The van der Waals surface area contributed by atoms with E-state index in [4.69, 9.17) is 0 Å². The van der Waals surface area contributed by atoms with Gasteiger partial charge in [0.05, 0.1) is 5.56 Å². The van der Waals surface area contributed by atoms with Gasteiger partial charge in [-0.3, -0.25) is 4.79 Å². The van der Waals surface area contributed by atoms with E-state index in [9.17, 15) is 9.18 Å². The Bertz CT molecular complexity index is 533. The Labute approximate surface area is 127 Å². The quantitative estimate of drug-likeness (QED) is 0.880. The van der Waals surface area contributed by atoms with Gasteiger partial charge in [0.1, 0.15) is 5.82 Å². The van der Waals surface area contributed by atoms with Gasteiger partial charge in [-0.15, -0.1) is 0 Å². The van der Waals surface area contributed by atoms with Gasteiger partial charge in [-0.1, -0.05) is 6.42 Å². The van der Waals surface area contributed by atoms with Crippen LogP contribution in [0.15, 0.2) is 22.7 Å². The number of carbonyl (C=O) groups excluding carboxylic acids is 1. The van der Waals surface area contributed by atoms with Gasteiger partial charge in [0.15, 0.2) is 0 Å². The number of halogens is 2. The Morgan fingerprint density at radius 3 is 2.85 bits per heavy atom. The first-order valence-corrected chi connectivity index (χ1v) is 8.10. The number of rotatable bonds is 3. The first-order valence-electron chi connectivity index (χ1n) is 7.30. The molecule has 4 atom stereocenters. The van der Waals surface area contributed by atoms with Gasteiger partial charge in [0, 0.05) is 10.5 Å². The number of benzene rings is 1. The molecular weight excluding hydrogens is 321 g/mol. The van der Waals surface area contributed by atoms with Gasteiger partial charge in [0.25, 0.3) is 5.91 Å². The van der Waals surface area contributed by atoms with Crippen molar-refractivity contribution in [3.63, 3.8) is 0 Å². The summed E-state index contributed by atoms with van der Waals surface area (Å²) in [4.78, 5) is 12.3. The van der Waals surface area contributed by atoms with Crippen LogP contribution in [-0.2, 0) is 0 Å². The Morgan fingerprint density at radius 1 is 1.40 bits per heavy atom. The molecule has 0 aliphatic heterocycles. The maximum atomic E-state index is 13.3. The molecule has 0 spiro atoms. The van der Waals surface area contributed by atoms with Crippen LogP contribution in [0.3, 0.4) is 0 Å². The lowest BCUT2D eigenvalue weighted by molar-refractivity contribution is 0.0914. The molecule has 2 bridgehead atoms. The molecule has 2 aliphatic rings. The zero-order chi connectivity index (χ0) is 14.3. The minimum Gasteiger partial charge on any atom is -0.349 e. The fourth-order valence-electron chi connectivity index (χ4n) is 3.97. The second-order valence-electron chi connectivity index (χ2n) is 6.23. The van der Waals surface area contributed by atoms with Crippen LogP contribution in [0.1, 0.15) is 43.0 Å². The van der Waals surface area contributed by atoms with E-state index in [0.29, 0.717) is 16.0 Å². The predicted molar refractivity (Wildman–Crippen MR) is 80.0 cm³/mol. The lowest BCUT2D eigenvalue weighted by Gasteiger charge is -2.28. The second kappa shape index (κ2) is 5.47. The highest BCUT2D eigenvalue weighted by molar-refractivity contribution is 9.10. The fraction of sp³-hybridized carbons (Fsp3) is 0.562. The van der Waals surface area contributed by atoms with E-state index in [0.717, 1.165) is 11.8 Å². The summed E-state index contributed by atoms with van der Waals surface area (Å²) in [6.07, 6.45) is 5.22. The predicted octanol–water partition coefficient (Wildman–Crippen LogP) is 4.14. The lowest BCUT2D eigenvalue weighted by Crippen LogP contribution is -2.40. The zero-order valence-corrected chi connectivity index (χ0v) is 13.1. The third kappa shape index (κ3) is 2.62. The average Bonchev–Trinajstić information content (AvgIpc) is 3.03. The summed E-state index contributed by atoms with van der Waals surface area (Å²) in [5.74, 6) is 1.65. The van der Waals surface area contributed by atoms with Crippen molar-refractivity contribution in [1.82, 2.24) is 5.32 Å². The van der Waals surface area contributed by atoms with Crippen molar-refractivity contribution in [3.05, 3.63) is 34.1 Å². The summed E-state index contributed by atoms with van der Waals surface area (Å²) in [5.41, 5.74) is 0.375. The van der Waals surface area contributed by atoms with Crippen molar-refractivity contribution in [3.8, 4) is 0 Å². The van der Waals surface area contributed by atoms with Crippen molar-refractivity contribution < 1.29 is 9.18 Å². The summed E-state index contributed by atoms with van der Waals surface area (Å²) in [5, 5.41) is 3.06. The van der Waals surface area contributed by atoms with Crippen LogP contribution < -0.4 is 5.32 Å². The van der Waals surface area contributed by atoms with Crippen LogP contribution in [0, 0.1) is 23.6 Å². The van der Waals surface area contributed by atoms with E-state index in [2.05, 4.69) is 28.2 Å². The van der Waals surface area contributed by atoms with Crippen molar-refractivity contribution >= 4 is 21.8 Å². The monoisotopic (exact) mass is 339 g/mol. The SMILES string of the molecule is C[C@@H](NC(=O)c1cc(F)ccc1Br)[C@@H]1C[C@H]2CC[C@H]1C2. The molecule has 0 saturated heterocycles. The highest BCUT2D eigenvalue weighted by Gasteiger charge is 2.42. The molecule has 1 aromatic carbocycles. The van der Waals surface area contributed by atoms with Crippen molar-refractivity contribution in [2.24, 2.45) is 17.8 Å². The number of hydrogen-bond acceptors (Lipinski definition) is 1. The molecule has 2 fully saturated rings. The van der Waals surface area contributed by atoms with Crippen LogP contribution in [0.4, 0.5) is 4.39 Å². The molecule has 4 heteroatoms. The molecule has 20 heavy (non-hydrogen) atoms. The molecule has 3 rings (SSSR count). The van der Waals surface area contributed by atoms with Gasteiger partial charge in [-0.25, -0.2) is 4.39 Å². The van der Waals surface area contributed by atoms with E-state index in [-0.39, 0.29) is 17.8 Å². The molecule has 0 radical (unpaired) electrons. The van der Waals surface area contributed by atoms with Crippen molar-refractivity contribution in [2.75, 3.05) is 0 Å². The molecule has 0 unspecified atom stereocenters. The molecule has 2 nitrogen and oxygen atoms in total. The number of carbonyl (C=O) groups is 1. The van der Waals surface area contributed by atoms with E-state index < -0.39 is 0 Å². The van der Waals surface area contributed by atoms with Gasteiger partial charge in [-0.2, -0.15) is 0 Å². The van der Waals surface area contributed by atoms with Gasteiger partial charge in [-0.05, 0) is 78.1 Å². The van der Waals surface area contributed by atoms with Crippen LogP contribution >= 0.6 is 15.9 Å². The first kappa shape index (κ1) is 14.1. The van der Waals surface area contributed by atoms with Crippen LogP contribution in [-0.4, -0.2) is 11.9 Å². The van der Waals surface area contributed by atoms with E-state index in [1.54, 1.807) is 6.07 Å². The summed E-state index contributed by atoms with van der Waals surface area (Å²) in [6.45, 7) is 2.08. The molecule has 2 saturated carbocycles. The fourth-order valence-corrected chi connectivity index (χ4v) is 4.40. The summed E-state index contributed by atoms with van der Waals surface area (Å²) >= 11 is 3.31. The van der Waals surface area contributed by atoms with E-state index in [1.165, 1.54) is 37.8 Å². The van der Waals surface area contributed by atoms with Gasteiger partial charge < -0.3 is 5.32 Å². The smallest absolute Gasteiger partial charge is 0.252 e. The summed E-state index contributed by atoms with van der Waals surface area (Å²) in [7, 11) is 0. The molecule has 0 heterocycles. The van der Waals surface area contributed by atoms with Gasteiger partial charge in [0.2, 0.25) is 0 Å². The Balaban J connectivity index is 1.68. The average molecular weight is 340 g/mol. The maximum absolute atomic E-state index is 13.3. The summed E-state index contributed by atoms with van der Waals surface area (Å²) in [6, 6.07) is 4.37. The molecule has 108 valence electrons. The molecule has 2 aliphatic carbocycles. The lowest BCUT2D eigenvalue weighted by atomic mass is 9.84. The molecule has 1 amide bonds. The third-order valence-corrected chi connectivity index (χ3v) is 5.66. The van der Waals surface area contributed by atoms with Gasteiger partial charge >= 0.3 is 0 Å². The summed E-state index contributed by atoms with van der Waals surface area (Å²) < 4.78 is 13.9. The normalized spacial score (nSPS) is 29.4. The minimum absolute atomic E-state index is 0.160. The largest absolute Gasteiger partial charge is 0.349 e. The number of amides is 1. The van der Waals surface area contributed by atoms with E-state index >= 15 is 0 Å². The maximum Gasteiger partial charge on any atom is 0.252 e. The minimum atomic E-state index is -0.383. The zero-order valence-electron chi connectivity index (χ0n) is 11.5. The third-order valence-electron chi connectivity index (χ3n) is 4.97. The van der Waals surface area contributed by atoms with Crippen LogP contribution in [0.2, 0.25) is 0 Å². The van der Waals surface area contributed by atoms with E-state index in [1.807, 2.05) is 0 Å². The van der Waals surface area contributed by atoms with Crippen LogP contribution in [0.25, 0.3) is 0 Å². The Kier molecular flexibility index (Phi) is 3.85. The van der Waals surface area contributed by atoms with Crippen molar-refractivity contribution in [1.29, 1.82) is 0 Å². The van der Waals surface area contributed by atoms with Crippen LogP contribution in [0.5, 0.6) is 0 Å². The standard InChI is InChI=1S/C16H19BrFNO/c1-9(13-7-10-2-3-11(13)6-10)19-16(20)14-8-12(18)4-5-15(14)17/h4-5,8-11,13H,2-3,6-7H2,1H3,(H,19,20)/t9-,10+,11+,13+/m1/s1. The highest BCUT2D eigenvalue weighted by atomic mass is 79.9. The second-order valence-corrected chi connectivity index (χ2v) is 7.08. The Hall–Kier alpha value is -0.900.